The lowest BCUT2D eigenvalue weighted by molar-refractivity contribution is -0.124. The summed E-state index contributed by atoms with van der Waals surface area (Å²) in [7, 11) is 0. The Balaban J connectivity index is 2.11. The zero-order valence-corrected chi connectivity index (χ0v) is 11.9. The average Bonchev–Trinajstić information content (AvgIpc) is 2.86. The first-order chi connectivity index (χ1) is 9.42. The monoisotopic (exact) mass is 273 g/mol. The van der Waals surface area contributed by atoms with Gasteiger partial charge in [0, 0.05) is 16.7 Å². The van der Waals surface area contributed by atoms with Crippen LogP contribution in [0, 0.1) is 5.41 Å². The standard InChI is InChI=1S/C14H19N5O/c1-4-14(2,3)12(20)16-10-7-5-9(6-8-10)11-17-13(15)19-18-11/h5-8H,4H2,1-3H3,(H,16,20)(H3,15,17,18,19). The van der Waals surface area contributed by atoms with Gasteiger partial charge in [0.05, 0.1) is 0 Å². The largest absolute Gasteiger partial charge is 0.366 e. The maximum absolute atomic E-state index is 12.1. The quantitative estimate of drug-likeness (QED) is 0.797. The van der Waals surface area contributed by atoms with Crippen LogP contribution in [0.5, 0.6) is 0 Å². The number of aromatic amines is 1. The molecule has 1 aromatic carbocycles. The molecule has 0 aliphatic rings. The van der Waals surface area contributed by atoms with Crippen LogP contribution >= 0.6 is 0 Å². The van der Waals surface area contributed by atoms with Crippen LogP contribution in [0.2, 0.25) is 0 Å². The third-order valence-corrected chi connectivity index (χ3v) is 3.42. The van der Waals surface area contributed by atoms with Crippen molar-refractivity contribution in [1.29, 1.82) is 0 Å². The predicted molar refractivity (Wildman–Crippen MR) is 78.9 cm³/mol. The number of anilines is 2. The van der Waals surface area contributed by atoms with Crippen molar-refractivity contribution in [2.24, 2.45) is 5.41 Å². The molecule has 0 aliphatic heterocycles. The topological polar surface area (TPSA) is 96.7 Å². The number of aromatic nitrogens is 3. The molecule has 0 atom stereocenters. The van der Waals surface area contributed by atoms with E-state index in [2.05, 4.69) is 20.5 Å². The number of H-pyrrole nitrogens is 1. The highest BCUT2D eigenvalue weighted by molar-refractivity contribution is 5.94. The Kier molecular flexibility index (Phi) is 3.74. The van der Waals surface area contributed by atoms with Crippen molar-refractivity contribution in [1.82, 2.24) is 15.2 Å². The molecule has 1 amide bonds. The van der Waals surface area contributed by atoms with Gasteiger partial charge in [0.25, 0.3) is 0 Å². The van der Waals surface area contributed by atoms with Crippen LogP contribution in [-0.2, 0) is 4.79 Å². The number of carbonyl (C=O) groups is 1. The van der Waals surface area contributed by atoms with E-state index in [1.807, 2.05) is 45.0 Å². The van der Waals surface area contributed by atoms with Crippen molar-refractivity contribution >= 4 is 17.5 Å². The maximum Gasteiger partial charge on any atom is 0.239 e. The van der Waals surface area contributed by atoms with Gasteiger partial charge in [-0.2, -0.15) is 4.98 Å². The van der Waals surface area contributed by atoms with Gasteiger partial charge < -0.3 is 11.1 Å². The fraction of sp³-hybridized carbons (Fsp3) is 0.357. The van der Waals surface area contributed by atoms with Crippen LogP contribution in [-0.4, -0.2) is 21.1 Å². The number of nitrogens with zero attached hydrogens (tertiary/aromatic N) is 2. The summed E-state index contributed by atoms with van der Waals surface area (Å²) in [5.74, 6) is 0.827. The Bertz CT molecular complexity index is 600. The number of hydrogen-bond donors (Lipinski definition) is 3. The van der Waals surface area contributed by atoms with Crippen molar-refractivity contribution in [2.45, 2.75) is 27.2 Å². The number of nitrogen functional groups attached to an aromatic ring is 1. The minimum absolute atomic E-state index is 0.0108. The highest BCUT2D eigenvalue weighted by Gasteiger charge is 2.25. The molecule has 0 fully saturated rings. The van der Waals surface area contributed by atoms with Gasteiger partial charge in [0.15, 0.2) is 5.82 Å². The smallest absolute Gasteiger partial charge is 0.239 e. The summed E-state index contributed by atoms with van der Waals surface area (Å²) < 4.78 is 0. The Morgan fingerprint density at radius 1 is 1.35 bits per heavy atom. The van der Waals surface area contributed by atoms with E-state index in [1.54, 1.807) is 0 Å². The molecular weight excluding hydrogens is 254 g/mol. The SMILES string of the molecule is CCC(C)(C)C(=O)Nc1ccc(-c2nc(N)n[nH]2)cc1. The molecular formula is C14H19N5O. The van der Waals surface area contributed by atoms with Crippen LogP contribution in [0.4, 0.5) is 11.6 Å². The lowest BCUT2D eigenvalue weighted by atomic mass is 9.89. The highest BCUT2D eigenvalue weighted by Crippen LogP contribution is 2.23. The van der Waals surface area contributed by atoms with E-state index in [4.69, 9.17) is 5.73 Å². The van der Waals surface area contributed by atoms with Crippen molar-refractivity contribution in [2.75, 3.05) is 11.1 Å². The van der Waals surface area contributed by atoms with Gasteiger partial charge in [-0.3, -0.25) is 9.89 Å². The summed E-state index contributed by atoms with van der Waals surface area (Å²) in [5.41, 5.74) is 6.71. The number of amides is 1. The van der Waals surface area contributed by atoms with Crippen LogP contribution in [0.25, 0.3) is 11.4 Å². The van der Waals surface area contributed by atoms with Gasteiger partial charge in [-0.25, -0.2) is 0 Å². The van der Waals surface area contributed by atoms with Crippen LogP contribution in [0.1, 0.15) is 27.2 Å². The maximum atomic E-state index is 12.1. The summed E-state index contributed by atoms with van der Waals surface area (Å²) in [6.07, 6.45) is 0.786. The van der Waals surface area contributed by atoms with E-state index in [0.29, 0.717) is 5.82 Å². The zero-order valence-electron chi connectivity index (χ0n) is 11.9. The third-order valence-electron chi connectivity index (χ3n) is 3.42. The highest BCUT2D eigenvalue weighted by atomic mass is 16.2. The molecule has 106 valence electrons. The number of nitrogens with one attached hydrogen (secondary N) is 2. The summed E-state index contributed by atoms with van der Waals surface area (Å²) in [6.45, 7) is 5.85. The molecule has 1 heterocycles. The summed E-state index contributed by atoms with van der Waals surface area (Å²) in [5, 5.41) is 9.43. The number of benzene rings is 1. The Morgan fingerprint density at radius 2 is 2.00 bits per heavy atom. The van der Waals surface area contributed by atoms with Crippen LogP contribution in [0.15, 0.2) is 24.3 Å². The number of hydrogen-bond acceptors (Lipinski definition) is 4. The molecule has 20 heavy (non-hydrogen) atoms. The van der Waals surface area contributed by atoms with E-state index in [-0.39, 0.29) is 17.3 Å². The van der Waals surface area contributed by atoms with E-state index < -0.39 is 0 Å². The van der Waals surface area contributed by atoms with Crippen molar-refractivity contribution < 1.29 is 4.79 Å². The van der Waals surface area contributed by atoms with E-state index in [9.17, 15) is 4.79 Å². The molecule has 0 aliphatic carbocycles. The predicted octanol–water partition coefficient (Wildman–Crippen LogP) is 2.43. The van der Waals surface area contributed by atoms with E-state index >= 15 is 0 Å². The Labute approximate surface area is 117 Å². The molecule has 0 spiro atoms. The van der Waals surface area contributed by atoms with Crippen molar-refractivity contribution in [3.05, 3.63) is 24.3 Å². The van der Waals surface area contributed by atoms with Gasteiger partial charge >= 0.3 is 0 Å². The van der Waals surface area contributed by atoms with Gasteiger partial charge in [-0.1, -0.05) is 20.8 Å². The lowest BCUT2D eigenvalue weighted by Crippen LogP contribution is -2.29. The Hall–Kier alpha value is -2.37. The molecule has 0 radical (unpaired) electrons. The molecule has 0 saturated carbocycles. The molecule has 0 saturated heterocycles. The lowest BCUT2D eigenvalue weighted by Gasteiger charge is -2.21. The molecule has 0 unspecified atom stereocenters. The first kappa shape index (κ1) is 14.0. The molecule has 4 N–H and O–H groups in total. The number of rotatable bonds is 4. The Morgan fingerprint density at radius 3 is 2.50 bits per heavy atom. The minimum Gasteiger partial charge on any atom is -0.366 e. The zero-order chi connectivity index (χ0) is 14.8. The molecule has 0 bridgehead atoms. The van der Waals surface area contributed by atoms with Crippen LogP contribution < -0.4 is 11.1 Å². The molecule has 2 rings (SSSR count). The molecule has 6 nitrogen and oxygen atoms in total. The second-order valence-electron chi connectivity index (χ2n) is 5.31. The average molecular weight is 273 g/mol. The first-order valence-electron chi connectivity index (χ1n) is 6.52. The van der Waals surface area contributed by atoms with Gasteiger partial charge in [-0.05, 0) is 30.7 Å². The third kappa shape index (κ3) is 2.96. The van der Waals surface area contributed by atoms with Gasteiger partial charge in [0.1, 0.15) is 0 Å². The first-order valence-corrected chi connectivity index (χ1v) is 6.52. The minimum atomic E-state index is -0.377. The number of nitrogens with two attached hydrogens (primary N) is 1. The van der Waals surface area contributed by atoms with Crippen LogP contribution in [0.3, 0.4) is 0 Å². The van der Waals surface area contributed by atoms with E-state index in [1.165, 1.54) is 0 Å². The molecule has 2 aromatic rings. The van der Waals surface area contributed by atoms with E-state index in [0.717, 1.165) is 17.7 Å². The second kappa shape index (κ2) is 5.32. The number of carbonyl (C=O) groups excluding carboxylic acids is 1. The molecule has 6 heteroatoms. The summed E-state index contributed by atoms with van der Waals surface area (Å²) in [6, 6.07) is 7.37. The molecule has 1 aromatic heterocycles. The van der Waals surface area contributed by atoms with Crippen molar-refractivity contribution in [3.63, 3.8) is 0 Å². The second-order valence-corrected chi connectivity index (χ2v) is 5.31. The fourth-order valence-corrected chi connectivity index (χ4v) is 1.58. The normalized spacial score (nSPS) is 11.3. The fourth-order valence-electron chi connectivity index (χ4n) is 1.58. The van der Waals surface area contributed by atoms with Gasteiger partial charge in [0.2, 0.25) is 11.9 Å². The van der Waals surface area contributed by atoms with Crippen molar-refractivity contribution in [3.8, 4) is 11.4 Å². The van der Waals surface area contributed by atoms with Gasteiger partial charge in [-0.15, -0.1) is 5.10 Å². The summed E-state index contributed by atoms with van der Waals surface area (Å²) >= 11 is 0. The summed E-state index contributed by atoms with van der Waals surface area (Å²) in [4.78, 5) is 16.1.